The summed E-state index contributed by atoms with van der Waals surface area (Å²) in [6.45, 7) is 3.03. The summed E-state index contributed by atoms with van der Waals surface area (Å²) in [5.41, 5.74) is 1.66. The van der Waals surface area contributed by atoms with Crippen molar-refractivity contribution in [3.8, 4) is 5.75 Å². The second-order valence-corrected chi connectivity index (χ2v) is 8.38. The smallest absolute Gasteiger partial charge is 0.341 e. The largest absolute Gasteiger partial charge is 0.482 e. The number of aliphatic hydroxyl groups excluding tert-OH is 1. The van der Waals surface area contributed by atoms with Gasteiger partial charge in [0.15, 0.2) is 6.61 Å². The minimum atomic E-state index is -1.09. The summed E-state index contributed by atoms with van der Waals surface area (Å²) in [5, 5.41) is 21.2. The Morgan fingerprint density at radius 2 is 1.88 bits per heavy atom. The normalized spacial score (nSPS) is 22.9. The number of carboxylic acid groups (broad SMARTS) is 1. The Kier molecular flexibility index (Phi) is 7.48. The molecule has 2 aromatic rings. The molecule has 0 spiro atoms. The van der Waals surface area contributed by atoms with E-state index in [9.17, 15) is 14.0 Å². The molecule has 0 radical (unpaired) electrons. The van der Waals surface area contributed by atoms with Crippen molar-refractivity contribution in [1.82, 2.24) is 5.32 Å². The average molecular weight is 445 g/mol. The number of amides is 1. The number of nitrogens with one attached hydrogen (secondary N) is 1. The van der Waals surface area contributed by atoms with Gasteiger partial charge in [-0.05, 0) is 43.2 Å². The molecule has 1 aliphatic rings. The van der Waals surface area contributed by atoms with Gasteiger partial charge in [0.25, 0.3) is 0 Å². The van der Waals surface area contributed by atoms with Gasteiger partial charge in [-0.3, -0.25) is 4.79 Å². The molecule has 1 heterocycles. The van der Waals surface area contributed by atoms with Gasteiger partial charge in [-0.25, -0.2) is 9.18 Å². The quantitative estimate of drug-likeness (QED) is 0.575. The second-order valence-electron chi connectivity index (χ2n) is 8.38. The number of hydrogen-bond acceptors (Lipinski definition) is 5. The van der Waals surface area contributed by atoms with Crippen LogP contribution in [0.4, 0.5) is 4.39 Å². The topological polar surface area (TPSA) is 105 Å². The number of aliphatic hydroxyl groups is 1. The van der Waals surface area contributed by atoms with E-state index in [0.717, 1.165) is 11.1 Å². The molecule has 0 bridgehead atoms. The lowest BCUT2D eigenvalue weighted by Gasteiger charge is -2.43. The molecule has 2 aromatic carbocycles. The SMILES string of the molecule is Cc1ccc([C@H]2C[C@@](C)(NC(=O)CCO)C[C@@H](c3ccc(F)cc3)O2)c(OCC(=O)O)c1. The highest BCUT2D eigenvalue weighted by Crippen LogP contribution is 2.46. The zero-order valence-electron chi connectivity index (χ0n) is 18.1. The Morgan fingerprint density at radius 3 is 2.53 bits per heavy atom. The van der Waals surface area contributed by atoms with E-state index in [-0.39, 0.29) is 24.8 Å². The molecule has 1 saturated heterocycles. The number of rotatable bonds is 8. The van der Waals surface area contributed by atoms with Gasteiger partial charge in [-0.15, -0.1) is 0 Å². The summed E-state index contributed by atoms with van der Waals surface area (Å²) in [4.78, 5) is 23.3. The molecule has 32 heavy (non-hydrogen) atoms. The molecule has 3 rings (SSSR count). The second kappa shape index (κ2) is 10.1. The van der Waals surface area contributed by atoms with Gasteiger partial charge in [0, 0.05) is 30.4 Å². The molecule has 7 nitrogen and oxygen atoms in total. The summed E-state index contributed by atoms with van der Waals surface area (Å²) in [5.74, 6) is -1.32. The van der Waals surface area contributed by atoms with Crippen molar-refractivity contribution in [1.29, 1.82) is 0 Å². The van der Waals surface area contributed by atoms with Crippen molar-refractivity contribution in [2.24, 2.45) is 0 Å². The lowest BCUT2D eigenvalue weighted by molar-refractivity contribution is -0.139. The standard InChI is InChI=1S/C24H28FNO6/c1-15-3-8-18(19(11-15)31-14-23(29)30)21-13-24(2,26-22(28)9-10-27)12-20(32-21)16-4-6-17(25)7-5-16/h3-8,11,20-21,27H,9-10,12-14H2,1-2H3,(H,26,28)(H,29,30)/t20-,21+,24-/m0/s1. The van der Waals surface area contributed by atoms with E-state index in [1.54, 1.807) is 18.2 Å². The van der Waals surface area contributed by atoms with Crippen molar-refractivity contribution in [2.75, 3.05) is 13.2 Å². The Hall–Kier alpha value is -2.97. The highest BCUT2D eigenvalue weighted by Gasteiger charge is 2.41. The Bertz CT molecular complexity index is 963. The van der Waals surface area contributed by atoms with Crippen molar-refractivity contribution in [3.05, 3.63) is 65.0 Å². The molecular weight excluding hydrogens is 417 g/mol. The molecule has 0 aromatic heterocycles. The number of benzene rings is 2. The summed E-state index contributed by atoms with van der Waals surface area (Å²) in [6.07, 6.45) is -0.109. The van der Waals surface area contributed by atoms with Crippen LogP contribution in [0.5, 0.6) is 5.75 Å². The minimum Gasteiger partial charge on any atom is -0.482 e. The van der Waals surface area contributed by atoms with Crippen LogP contribution in [0.3, 0.4) is 0 Å². The molecule has 1 aliphatic heterocycles. The van der Waals surface area contributed by atoms with Gasteiger partial charge in [-0.1, -0.05) is 24.3 Å². The van der Waals surface area contributed by atoms with Gasteiger partial charge in [0.1, 0.15) is 11.6 Å². The molecule has 1 fully saturated rings. The number of carboxylic acids is 1. The number of halogens is 1. The maximum absolute atomic E-state index is 13.5. The lowest BCUT2D eigenvalue weighted by atomic mass is 9.81. The van der Waals surface area contributed by atoms with Crippen LogP contribution in [0, 0.1) is 12.7 Å². The molecule has 3 atom stereocenters. The first kappa shape index (κ1) is 23.7. The fraction of sp³-hybridized carbons (Fsp3) is 0.417. The van der Waals surface area contributed by atoms with E-state index in [1.165, 1.54) is 12.1 Å². The van der Waals surface area contributed by atoms with Gasteiger partial charge in [-0.2, -0.15) is 0 Å². The van der Waals surface area contributed by atoms with E-state index in [2.05, 4.69) is 5.32 Å². The van der Waals surface area contributed by atoms with Crippen LogP contribution in [-0.2, 0) is 14.3 Å². The Balaban J connectivity index is 1.96. The predicted octanol–water partition coefficient (Wildman–Crippen LogP) is 3.45. The summed E-state index contributed by atoms with van der Waals surface area (Å²) >= 11 is 0. The van der Waals surface area contributed by atoms with Gasteiger partial charge in [0.05, 0.1) is 18.8 Å². The zero-order valence-corrected chi connectivity index (χ0v) is 18.1. The van der Waals surface area contributed by atoms with E-state index < -0.39 is 30.3 Å². The van der Waals surface area contributed by atoms with E-state index in [0.29, 0.717) is 24.2 Å². The number of hydrogen-bond donors (Lipinski definition) is 3. The molecular formula is C24H28FNO6. The van der Waals surface area contributed by atoms with Crippen molar-refractivity contribution >= 4 is 11.9 Å². The summed E-state index contributed by atoms with van der Waals surface area (Å²) in [7, 11) is 0. The number of carbonyl (C=O) groups excluding carboxylic acids is 1. The van der Waals surface area contributed by atoms with Crippen LogP contribution in [-0.4, -0.2) is 40.8 Å². The maximum Gasteiger partial charge on any atom is 0.341 e. The summed E-state index contributed by atoms with van der Waals surface area (Å²) in [6, 6.07) is 11.5. The molecule has 8 heteroatoms. The van der Waals surface area contributed by atoms with Crippen molar-refractivity contribution in [3.63, 3.8) is 0 Å². The highest BCUT2D eigenvalue weighted by atomic mass is 19.1. The molecule has 1 amide bonds. The first-order valence-electron chi connectivity index (χ1n) is 10.5. The van der Waals surface area contributed by atoms with Gasteiger partial charge in [0.2, 0.25) is 5.91 Å². The van der Waals surface area contributed by atoms with E-state index >= 15 is 0 Å². The van der Waals surface area contributed by atoms with Crippen LogP contribution in [0.25, 0.3) is 0 Å². The average Bonchev–Trinajstić information content (AvgIpc) is 2.72. The third-order valence-corrected chi connectivity index (χ3v) is 5.49. The van der Waals surface area contributed by atoms with Crippen LogP contribution >= 0.6 is 0 Å². The maximum atomic E-state index is 13.5. The number of carbonyl (C=O) groups is 2. The van der Waals surface area contributed by atoms with Crippen LogP contribution in [0.1, 0.15) is 55.1 Å². The van der Waals surface area contributed by atoms with Gasteiger partial charge >= 0.3 is 5.97 Å². The zero-order chi connectivity index (χ0) is 23.3. The number of ether oxygens (including phenoxy) is 2. The minimum absolute atomic E-state index is 0.0141. The predicted molar refractivity (Wildman–Crippen MR) is 115 cm³/mol. The molecule has 3 N–H and O–H groups in total. The van der Waals surface area contributed by atoms with Crippen LogP contribution in [0.15, 0.2) is 42.5 Å². The van der Waals surface area contributed by atoms with E-state index in [1.807, 2.05) is 26.0 Å². The number of aryl methyl sites for hydroxylation is 1. The first-order valence-corrected chi connectivity index (χ1v) is 10.5. The fourth-order valence-electron chi connectivity index (χ4n) is 4.03. The lowest BCUT2D eigenvalue weighted by Crippen LogP contribution is -2.51. The van der Waals surface area contributed by atoms with Crippen LogP contribution < -0.4 is 10.1 Å². The van der Waals surface area contributed by atoms with Crippen molar-refractivity contribution in [2.45, 2.75) is 50.9 Å². The van der Waals surface area contributed by atoms with Crippen LogP contribution in [0.2, 0.25) is 0 Å². The molecule has 0 aliphatic carbocycles. The number of aliphatic carboxylic acids is 1. The molecule has 172 valence electrons. The van der Waals surface area contributed by atoms with Crippen molar-refractivity contribution < 1.29 is 33.7 Å². The highest BCUT2D eigenvalue weighted by molar-refractivity contribution is 5.76. The van der Waals surface area contributed by atoms with E-state index in [4.69, 9.17) is 19.7 Å². The Morgan fingerprint density at radius 1 is 1.19 bits per heavy atom. The molecule has 0 unspecified atom stereocenters. The van der Waals surface area contributed by atoms with Gasteiger partial charge < -0.3 is 25.0 Å². The molecule has 0 saturated carbocycles. The first-order chi connectivity index (χ1) is 15.2. The fourth-order valence-corrected chi connectivity index (χ4v) is 4.03. The third kappa shape index (κ3) is 6.05. The monoisotopic (exact) mass is 445 g/mol. The Labute approximate surface area is 186 Å². The third-order valence-electron chi connectivity index (χ3n) is 5.49. The summed E-state index contributed by atoms with van der Waals surface area (Å²) < 4.78 is 25.4.